The lowest BCUT2D eigenvalue weighted by molar-refractivity contribution is -0.123. The number of anilines is 1. The molecule has 3 rings (SSSR count). The Morgan fingerprint density at radius 2 is 1.83 bits per heavy atom. The van der Waals surface area contributed by atoms with Gasteiger partial charge >= 0.3 is 5.97 Å². The van der Waals surface area contributed by atoms with Crippen LogP contribution in [0.15, 0.2) is 53.2 Å². The third-order valence-electron chi connectivity index (χ3n) is 4.18. The van der Waals surface area contributed by atoms with Crippen molar-refractivity contribution in [2.24, 2.45) is 0 Å². The molecule has 0 fully saturated rings. The molecule has 2 heterocycles. The van der Waals surface area contributed by atoms with Crippen molar-refractivity contribution in [2.75, 3.05) is 5.32 Å². The van der Waals surface area contributed by atoms with Crippen molar-refractivity contribution < 1.29 is 18.7 Å². The van der Waals surface area contributed by atoms with Gasteiger partial charge in [0.15, 0.2) is 6.10 Å². The molecule has 0 aliphatic heterocycles. The number of hydrogen-bond donors (Lipinski definition) is 1. The summed E-state index contributed by atoms with van der Waals surface area (Å²) in [6, 6.07) is 13.9. The highest BCUT2D eigenvalue weighted by Crippen LogP contribution is 2.26. The second kappa shape index (κ2) is 8.15. The van der Waals surface area contributed by atoms with Crippen LogP contribution in [-0.2, 0) is 9.53 Å². The number of furan rings is 1. The number of nitrogens with zero attached hydrogens (tertiary/aromatic N) is 3. The largest absolute Gasteiger partial charge is 0.449 e. The van der Waals surface area contributed by atoms with Crippen LogP contribution >= 0.6 is 0 Å². The molecule has 29 heavy (non-hydrogen) atoms. The maximum absolute atomic E-state index is 12.6. The smallest absolute Gasteiger partial charge is 0.343 e. The van der Waals surface area contributed by atoms with Gasteiger partial charge in [0.1, 0.15) is 29.0 Å². The molecule has 0 unspecified atom stereocenters. The van der Waals surface area contributed by atoms with Gasteiger partial charge in [0.05, 0.1) is 11.3 Å². The van der Waals surface area contributed by atoms with Crippen LogP contribution < -0.4 is 5.32 Å². The number of aromatic nitrogens is 1. The van der Waals surface area contributed by atoms with E-state index in [2.05, 4.69) is 5.32 Å². The van der Waals surface area contributed by atoms with Crippen LogP contribution in [0.3, 0.4) is 0 Å². The monoisotopic (exact) mass is 388 g/mol. The van der Waals surface area contributed by atoms with E-state index in [0.29, 0.717) is 5.69 Å². The number of nitrogens with one attached hydrogen (secondary N) is 1. The van der Waals surface area contributed by atoms with E-state index in [4.69, 9.17) is 14.4 Å². The van der Waals surface area contributed by atoms with Gasteiger partial charge in [0.2, 0.25) is 5.88 Å². The van der Waals surface area contributed by atoms with Crippen LogP contribution in [0.5, 0.6) is 0 Å². The van der Waals surface area contributed by atoms with E-state index in [1.807, 2.05) is 12.1 Å². The molecule has 0 bridgehead atoms. The molecule has 8 heteroatoms. The summed E-state index contributed by atoms with van der Waals surface area (Å²) in [5.74, 6) is -1.05. The second-order valence-corrected chi connectivity index (χ2v) is 6.11. The Morgan fingerprint density at radius 3 is 2.48 bits per heavy atom. The molecule has 3 aromatic rings. The zero-order valence-electron chi connectivity index (χ0n) is 15.7. The van der Waals surface area contributed by atoms with Crippen LogP contribution in [0.1, 0.15) is 34.2 Å². The number of esters is 1. The molecule has 1 atom stereocenters. The highest BCUT2D eigenvalue weighted by molar-refractivity contribution is 5.99. The lowest BCUT2D eigenvalue weighted by atomic mass is 10.1. The Morgan fingerprint density at radius 1 is 1.14 bits per heavy atom. The average Bonchev–Trinajstić information content (AvgIpc) is 3.35. The summed E-state index contributed by atoms with van der Waals surface area (Å²) < 4.78 is 12.4. The summed E-state index contributed by atoms with van der Waals surface area (Å²) in [5.41, 5.74) is 0.586. The molecule has 1 N–H and O–H groups in total. The summed E-state index contributed by atoms with van der Waals surface area (Å²) in [4.78, 5) is 25.0. The molecule has 0 radical (unpaired) electrons. The van der Waals surface area contributed by atoms with E-state index in [1.54, 1.807) is 60.3 Å². The van der Waals surface area contributed by atoms with Crippen molar-refractivity contribution in [2.45, 2.75) is 20.0 Å². The summed E-state index contributed by atoms with van der Waals surface area (Å²) in [6.07, 6.45) is 2.19. The first-order valence-corrected chi connectivity index (χ1v) is 8.64. The molecule has 0 spiro atoms. The van der Waals surface area contributed by atoms with E-state index in [9.17, 15) is 14.9 Å². The number of benzene rings is 1. The number of amides is 1. The first-order valence-electron chi connectivity index (χ1n) is 8.64. The Labute approximate surface area is 166 Å². The minimum Gasteiger partial charge on any atom is -0.449 e. The van der Waals surface area contributed by atoms with Crippen molar-refractivity contribution in [3.05, 3.63) is 71.2 Å². The molecule has 8 nitrogen and oxygen atoms in total. The zero-order valence-corrected chi connectivity index (χ0v) is 15.7. The van der Waals surface area contributed by atoms with Gasteiger partial charge in [-0.15, -0.1) is 0 Å². The lowest BCUT2D eigenvalue weighted by Crippen LogP contribution is -2.30. The van der Waals surface area contributed by atoms with Gasteiger partial charge in [-0.2, -0.15) is 10.5 Å². The van der Waals surface area contributed by atoms with Crippen LogP contribution in [0, 0.1) is 29.6 Å². The normalized spacial score (nSPS) is 11.2. The number of aryl methyl sites for hydroxylation is 1. The zero-order chi connectivity index (χ0) is 21.0. The van der Waals surface area contributed by atoms with E-state index >= 15 is 0 Å². The quantitative estimate of drug-likeness (QED) is 0.669. The molecule has 1 aromatic carbocycles. The molecular formula is C21H16N4O4. The number of ether oxygens (including phenoxy) is 1. The maximum Gasteiger partial charge on any atom is 0.343 e. The Kier molecular flexibility index (Phi) is 5.47. The molecule has 0 aliphatic rings. The molecule has 2 aromatic heterocycles. The van der Waals surface area contributed by atoms with Crippen LogP contribution in [-0.4, -0.2) is 22.5 Å². The Balaban J connectivity index is 1.79. The first-order chi connectivity index (χ1) is 14.0. The van der Waals surface area contributed by atoms with Crippen LogP contribution in [0.2, 0.25) is 0 Å². The van der Waals surface area contributed by atoms with Crippen LogP contribution in [0.25, 0.3) is 5.88 Å². The summed E-state index contributed by atoms with van der Waals surface area (Å²) in [5, 5.41) is 21.2. The third kappa shape index (κ3) is 3.87. The van der Waals surface area contributed by atoms with Gasteiger partial charge in [0, 0.05) is 12.4 Å². The molecule has 0 saturated heterocycles. The Bertz CT molecular complexity index is 1150. The number of carbonyl (C=O) groups excluding carboxylic acids is 2. The van der Waals surface area contributed by atoms with Crippen molar-refractivity contribution in [1.29, 1.82) is 10.5 Å². The highest BCUT2D eigenvalue weighted by Gasteiger charge is 2.28. The molecule has 1 amide bonds. The number of carbonyl (C=O) groups is 2. The van der Waals surface area contributed by atoms with Gasteiger partial charge in [-0.1, -0.05) is 12.1 Å². The topological polar surface area (TPSA) is 121 Å². The van der Waals surface area contributed by atoms with Gasteiger partial charge in [-0.05, 0) is 38.1 Å². The van der Waals surface area contributed by atoms with Crippen molar-refractivity contribution in [3.8, 4) is 18.0 Å². The van der Waals surface area contributed by atoms with E-state index in [0.717, 1.165) is 0 Å². The standard InChI is InChI=1S/C21H16N4O4/c1-13-18(16(12-23)20(28-13)25-9-5-6-10-25)21(27)29-14(2)19(26)24-17-8-4-3-7-15(17)11-22/h3-10,14H,1-2H3,(H,24,26)/t14-/m0/s1. The minimum atomic E-state index is -1.16. The van der Waals surface area contributed by atoms with Crippen molar-refractivity contribution in [3.63, 3.8) is 0 Å². The highest BCUT2D eigenvalue weighted by atomic mass is 16.5. The van der Waals surface area contributed by atoms with E-state index < -0.39 is 18.0 Å². The second-order valence-electron chi connectivity index (χ2n) is 6.11. The third-order valence-corrected chi connectivity index (χ3v) is 4.18. The predicted octanol–water partition coefficient (Wildman–Crippen LogP) is 3.31. The van der Waals surface area contributed by atoms with Gasteiger partial charge in [0.25, 0.3) is 5.91 Å². The SMILES string of the molecule is Cc1oc(-n2cccc2)c(C#N)c1C(=O)O[C@@H](C)C(=O)Nc1ccccc1C#N. The summed E-state index contributed by atoms with van der Waals surface area (Å²) in [7, 11) is 0. The van der Waals surface area contributed by atoms with Crippen molar-refractivity contribution in [1.82, 2.24) is 4.57 Å². The fourth-order valence-corrected chi connectivity index (χ4v) is 2.73. The predicted molar refractivity (Wildman–Crippen MR) is 102 cm³/mol. The lowest BCUT2D eigenvalue weighted by Gasteiger charge is -2.14. The number of nitriles is 2. The van der Waals surface area contributed by atoms with E-state index in [-0.39, 0.29) is 28.3 Å². The number of para-hydroxylation sites is 1. The average molecular weight is 388 g/mol. The fourth-order valence-electron chi connectivity index (χ4n) is 2.73. The maximum atomic E-state index is 12.6. The van der Waals surface area contributed by atoms with Gasteiger partial charge in [-0.3, -0.25) is 9.36 Å². The molecule has 0 aliphatic carbocycles. The van der Waals surface area contributed by atoms with E-state index in [1.165, 1.54) is 6.92 Å². The molecule has 144 valence electrons. The first kappa shape index (κ1) is 19.5. The summed E-state index contributed by atoms with van der Waals surface area (Å²) in [6.45, 7) is 2.94. The number of hydrogen-bond acceptors (Lipinski definition) is 6. The minimum absolute atomic E-state index is 0.0196. The molecule has 0 saturated carbocycles. The molecular weight excluding hydrogens is 372 g/mol. The van der Waals surface area contributed by atoms with Gasteiger partial charge < -0.3 is 14.5 Å². The van der Waals surface area contributed by atoms with Gasteiger partial charge in [-0.25, -0.2) is 4.79 Å². The Hall–Kier alpha value is -4.30. The fraction of sp³-hybridized carbons (Fsp3) is 0.143. The van der Waals surface area contributed by atoms with Crippen LogP contribution in [0.4, 0.5) is 5.69 Å². The summed E-state index contributed by atoms with van der Waals surface area (Å²) >= 11 is 0. The van der Waals surface area contributed by atoms with Crippen molar-refractivity contribution >= 4 is 17.6 Å². The number of rotatable bonds is 5.